The molecule has 1 saturated carbocycles. The predicted octanol–water partition coefficient (Wildman–Crippen LogP) is 3.00. The lowest BCUT2D eigenvalue weighted by Gasteiger charge is -2.40. The maximum Gasteiger partial charge on any atom is 0.317 e. The monoisotopic (exact) mass is 241 g/mol. The first-order valence-electron chi connectivity index (χ1n) is 6.80. The second-order valence-electron chi connectivity index (χ2n) is 6.33. The number of aliphatic carboxylic acids is 1. The van der Waals surface area contributed by atoms with E-state index in [9.17, 15) is 4.79 Å². The highest BCUT2D eigenvalue weighted by Gasteiger charge is 2.31. The first kappa shape index (κ1) is 14.5. The summed E-state index contributed by atoms with van der Waals surface area (Å²) in [5, 5.41) is 8.89. The normalized spacial score (nSPS) is 26.2. The Balaban J connectivity index is 2.47. The molecule has 1 fully saturated rings. The van der Waals surface area contributed by atoms with Crippen LogP contribution in [-0.2, 0) is 4.79 Å². The van der Waals surface area contributed by atoms with Gasteiger partial charge in [0.15, 0.2) is 0 Å². The fourth-order valence-corrected chi connectivity index (χ4v) is 2.98. The van der Waals surface area contributed by atoms with Crippen LogP contribution in [0.1, 0.15) is 53.4 Å². The molecule has 0 saturated heterocycles. The highest BCUT2D eigenvalue weighted by molar-refractivity contribution is 5.69. The molecule has 0 spiro atoms. The van der Waals surface area contributed by atoms with Crippen LogP contribution in [0.3, 0.4) is 0 Å². The fraction of sp³-hybridized carbons (Fsp3) is 0.929. The number of rotatable bonds is 4. The SMILES string of the molecule is CCN(CC(=O)O)C1CCC(C(C)(C)C)CC1. The van der Waals surface area contributed by atoms with Crippen LogP contribution < -0.4 is 0 Å². The topological polar surface area (TPSA) is 40.5 Å². The number of carboxylic acid groups (broad SMARTS) is 1. The summed E-state index contributed by atoms with van der Waals surface area (Å²) in [5.74, 6) is 0.0899. The van der Waals surface area contributed by atoms with Crippen molar-refractivity contribution < 1.29 is 9.90 Å². The molecule has 17 heavy (non-hydrogen) atoms. The quantitative estimate of drug-likeness (QED) is 0.822. The van der Waals surface area contributed by atoms with Crippen LogP contribution in [0.25, 0.3) is 0 Å². The Morgan fingerprint density at radius 1 is 1.24 bits per heavy atom. The smallest absolute Gasteiger partial charge is 0.317 e. The summed E-state index contributed by atoms with van der Waals surface area (Å²) in [7, 11) is 0. The van der Waals surface area contributed by atoms with Crippen molar-refractivity contribution in [3.05, 3.63) is 0 Å². The van der Waals surface area contributed by atoms with Crippen molar-refractivity contribution in [2.24, 2.45) is 11.3 Å². The summed E-state index contributed by atoms with van der Waals surface area (Å²) in [5.41, 5.74) is 0.398. The molecule has 0 aromatic carbocycles. The number of nitrogens with zero attached hydrogens (tertiary/aromatic N) is 1. The van der Waals surface area contributed by atoms with Gasteiger partial charge in [-0.3, -0.25) is 9.69 Å². The minimum atomic E-state index is -0.704. The van der Waals surface area contributed by atoms with Crippen LogP contribution in [-0.4, -0.2) is 35.1 Å². The summed E-state index contributed by atoms with van der Waals surface area (Å²) < 4.78 is 0. The lowest BCUT2D eigenvalue weighted by molar-refractivity contribution is -0.139. The van der Waals surface area contributed by atoms with Crippen molar-refractivity contribution in [1.82, 2.24) is 4.90 Å². The van der Waals surface area contributed by atoms with Gasteiger partial charge in [0.05, 0.1) is 6.54 Å². The van der Waals surface area contributed by atoms with E-state index in [1.807, 2.05) is 0 Å². The van der Waals surface area contributed by atoms with Crippen LogP contribution in [0.4, 0.5) is 0 Å². The molecule has 100 valence electrons. The molecule has 0 aromatic heterocycles. The first-order chi connectivity index (χ1) is 7.84. The van der Waals surface area contributed by atoms with E-state index in [2.05, 4.69) is 32.6 Å². The molecule has 1 aliphatic rings. The number of likely N-dealkylation sites (N-methyl/N-ethyl adjacent to an activating group) is 1. The zero-order valence-electron chi connectivity index (χ0n) is 11.7. The Hall–Kier alpha value is -0.570. The number of hydrogen-bond donors (Lipinski definition) is 1. The number of hydrogen-bond acceptors (Lipinski definition) is 2. The van der Waals surface area contributed by atoms with Crippen molar-refractivity contribution in [3.63, 3.8) is 0 Å². The first-order valence-corrected chi connectivity index (χ1v) is 6.80. The number of carbonyl (C=O) groups is 1. The third-order valence-electron chi connectivity index (χ3n) is 4.18. The van der Waals surface area contributed by atoms with Crippen molar-refractivity contribution >= 4 is 5.97 Å². The van der Waals surface area contributed by atoms with Gasteiger partial charge in [0.25, 0.3) is 0 Å². The summed E-state index contributed by atoms with van der Waals surface area (Å²) in [6.45, 7) is 10.0. The van der Waals surface area contributed by atoms with E-state index in [1.165, 1.54) is 12.8 Å². The number of carboxylic acids is 1. The van der Waals surface area contributed by atoms with Crippen LogP contribution in [0.2, 0.25) is 0 Å². The molecule has 0 radical (unpaired) electrons. The Morgan fingerprint density at radius 3 is 2.12 bits per heavy atom. The zero-order valence-corrected chi connectivity index (χ0v) is 11.7. The highest BCUT2D eigenvalue weighted by Crippen LogP contribution is 2.38. The Kier molecular flexibility index (Phi) is 4.99. The molecule has 0 aliphatic heterocycles. The van der Waals surface area contributed by atoms with E-state index in [0.29, 0.717) is 11.5 Å². The van der Waals surface area contributed by atoms with Gasteiger partial charge in [-0.2, -0.15) is 0 Å². The van der Waals surface area contributed by atoms with Gasteiger partial charge >= 0.3 is 5.97 Å². The molecule has 0 bridgehead atoms. The molecule has 1 rings (SSSR count). The highest BCUT2D eigenvalue weighted by atomic mass is 16.4. The van der Waals surface area contributed by atoms with Gasteiger partial charge in [-0.05, 0) is 43.6 Å². The van der Waals surface area contributed by atoms with Gasteiger partial charge in [-0.15, -0.1) is 0 Å². The largest absolute Gasteiger partial charge is 0.480 e. The van der Waals surface area contributed by atoms with Crippen LogP contribution in [0, 0.1) is 11.3 Å². The van der Waals surface area contributed by atoms with E-state index in [1.54, 1.807) is 0 Å². The van der Waals surface area contributed by atoms with Gasteiger partial charge in [0, 0.05) is 6.04 Å². The Bertz CT molecular complexity index is 249. The van der Waals surface area contributed by atoms with Crippen molar-refractivity contribution in [3.8, 4) is 0 Å². The molecular weight excluding hydrogens is 214 g/mol. The van der Waals surface area contributed by atoms with E-state index in [0.717, 1.165) is 25.3 Å². The van der Waals surface area contributed by atoms with Gasteiger partial charge in [-0.1, -0.05) is 27.7 Å². The molecule has 0 atom stereocenters. The summed E-state index contributed by atoms with van der Waals surface area (Å²) in [6, 6.07) is 0.481. The summed E-state index contributed by atoms with van der Waals surface area (Å²) in [6.07, 6.45) is 4.79. The van der Waals surface area contributed by atoms with Crippen molar-refractivity contribution in [2.45, 2.75) is 59.4 Å². The Morgan fingerprint density at radius 2 is 1.76 bits per heavy atom. The third-order valence-corrected chi connectivity index (χ3v) is 4.18. The van der Waals surface area contributed by atoms with E-state index in [-0.39, 0.29) is 6.54 Å². The molecule has 1 N–H and O–H groups in total. The third kappa shape index (κ3) is 4.30. The second-order valence-corrected chi connectivity index (χ2v) is 6.33. The zero-order chi connectivity index (χ0) is 13.1. The molecule has 1 aliphatic carbocycles. The van der Waals surface area contributed by atoms with Gasteiger partial charge in [-0.25, -0.2) is 0 Å². The standard InChI is InChI=1S/C14H27NO2/c1-5-15(10-13(16)17)12-8-6-11(7-9-12)14(2,3)4/h11-12H,5-10H2,1-4H3,(H,16,17). The van der Waals surface area contributed by atoms with Crippen molar-refractivity contribution in [2.75, 3.05) is 13.1 Å². The molecule has 3 nitrogen and oxygen atoms in total. The van der Waals surface area contributed by atoms with Gasteiger partial charge < -0.3 is 5.11 Å². The predicted molar refractivity (Wildman–Crippen MR) is 70.1 cm³/mol. The molecule has 0 aromatic rings. The molecule has 0 amide bonds. The van der Waals surface area contributed by atoms with E-state index < -0.39 is 5.97 Å². The average molecular weight is 241 g/mol. The fourth-order valence-electron chi connectivity index (χ4n) is 2.98. The maximum atomic E-state index is 10.8. The van der Waals surface area contributed by atoms with Crippen molar-refractivity contribution in [1.29, 1.82) is 0 Å². The molecule has 3 heteroatoms. The maximum absolute atomic E-state index is 10.8. The minimum Gasteiger partial charge on any atom is -0.480 e. The lowest BCUT2D eigenvalue weighted by atomic mass is 9.71. The van der Waals surface area contributed by atoms with Crippen LogP contribution in [0.15, 0.2) is 0 Å². The van der Waals surface area contributed by atoms with E-state index >= 15 is 0 Å². The van der Waals surface area contributed by atoms with Crippen LogP contribution in [0.5, 0.6) is 0 Å². The molecular formula is C14H27NO2. The van der Waals surface area contributed by atoms with Gasteiger partial charge in [0.2, 0.25) is 0 Å². The average Bonchev–Trinajstić information content (AvgIpc) is 2.24. The Labute approximate surface area is 105 Å². The lowest BCUT2D eigenvalue weighted by Crippen LogP contribution is -2.42. The minimum absolute atomic E-state index is 0.196. The van der Waals surface area contributed by atoms with Gasteiger partial charge in [0.1, 0.15) is 0 Å². The molecule has 0 heterocycles. The molecule has 0 unspecified atom stereocenters. The summed E-state index contributed by atoms with van der Waals surface area (Å²) >= 11 is 0. The van der Waals surface area contributed by atoms with E-state index in [4.69, 9.17) is 5.11 Å². The summed E-state index contributed by atoms with van der Waals surface area (Å²) in [4.78, 5) is 12.9. The second kappa shape index (κ2) is 5.85. The van der Waals surface area contributed by atoms with Crippen LogP contribution >= 0.6 is 0 Å².